The Morgan fingerprint density at radius 3 is 2.67 bits per heavy atom. The zero-order chi connectivity index (χ0) is 11.6. The predicted molar refractivity (Wildman–Crippen MR) is 53.2 cm³/mol. The summed E-state index contributed by atoms with van der Waals surface area (Å²) in [5, 5.41) is 9.88. The zero-order valence-corrected chi connectivity index (χ0v) is 8.32. The molecule has 0 saturated heterocycles. The van der Waals surface area contributed by atoms with Gasteiger partial charge in [-0.1, -0.05) is 0 Å². The Hall–Kier alpha value is -1.82. The number of nitrogens with two attached hydrogens (primary N) is 1. The summed E-state index contributed by atoms with van der Waals surface area (Å²) in [6, 6.07) is 2.07. The maximum absolute atomic E-state index is 13.3. The Labute approximate surface area is 85.8 Å². The molecule has 1 aromatic rings. The van der Waals surface area contributed by atoms with Crippen LogP contribution in [0.1, 0.15) is 10.4 Å². The molecule has 1 aromatic carbocycles. The summed E-state index contributed by atoms with van der Waals surface area (Å²) in [5.41, 5.74) is 5.51. The van der Waals surface area contributed by atoms with Gasteiger partial charge in [0.15, 0.2) is 0 Å². The number of anilines is 2. The van der Waals surface area contributed by atoms with Gasteiger partial charge in [-0.2, -0.15) is 0 Å². The number of hydrogen-bond donors (Lipinski definition) is 2. The second-order valence-electron chi connectivity index (χ2n) is 2.88. The van der Waals surface area contributed by atoms with Gasteiger partial charge in [0, 0.05) is 13.1 Å². The largest absolute Gasteiger partial charge is 0.478 e. The summed E-state index contributed by atoms with van der Waals surface area (Å²) >= 11 is 0. The normalized spacial score (nSPS) is 10.1. The number of nitrogens with zero attached hydrogens (tertiary/aromatic N) is 1. The molecule has 6 heteroatoms. The van der Waals surface area contributed by atoms with Crippen LogP contribution in [0.15, 0.2) is 12.1 Å². The van der Waals surface area contributed by atoms with Crippen molar-refractivity contribution in [3.63, 3.8) is 0 Å². The van der Waals surface area contributed by atoms with E-state index >= 15 is 0 Å². The van der Waals surface area contributed by atoms with Gasteiger partial charge in [-0.15, -0.1) is 0 Å². The van der Waals surface area contributed by atoms with Gasteiger partial charge >= 0.3 is 5.97 Å². The van der Waals surface area contributed by atoms with E-state index in [9.17, 15) is 9.18 Å². The van der Waals surface area contributed by atoms with Gasteiger partial charge in [0.25, 0.3) is 0 Å². The van der Waals surface area contributed by atoms with E-state index in [0.717, 1.165) is 12.1 Å². The van der Waals surface area contributed by atoms with Crippen molar-refractivity contribution in [2.75, 3.05) is 25.0 Å². The number of carbonyl (C=O) groups is 1. The molecule has 0 fully saturated rings. The molecule has 15 heavy (non-hydrogen) atoms. The van der Waals surface area contributed by atoms with Crippen molar-refractivity contribution < 1.29 is 19.1 Å². The van der Waals surface area contributed by atoms with Crippen LogP contribution in [-0.4, -0.2) is 25.2 Å². The van der Waals surface area contributed by atoms with E-state index in [4.69, 9.17) is 15.7 Å². The van der Waals surface area contributed by atoms with Gasteiger partial charge in [-0.05, 0) is 6.07 Å². The standard InChI is InChI=1S/C9H11FN2O3/c1-12(15-2)8-4-6(10)5(9(13)14)3-7(8)11/h3-4H,11H2,1-2H3,(H,13,14). The lowest BCUT2D eigenvalue weighted by Gasteiger charge is -2.18. The van der Waals surface area contributed by atoms with Gasteiger partial charge in [-0.3, -0.25) is 9.90 Å². The first kappa shape index (κ1) is 11.3. The van der Waals surface area contributed by atoms with Crippen molar-refractivity contribution in [2.24, 2.45) is 0 Å². The summed E-state index contributed by atoms with van der Waals surface area (Å²) in [6.07, 6.45) is 0. The Morgan fingerprint density at radius 1 is 1.60 bits per heavy atom. The van der Waals surface area contributed by atoms with E-state index in [1.165, 1.54) is 19.2 Å². The number of rotatable bonds is 3. The van der Waals surface area contributed by atoms with Crippen LogP contribution in [0.2, 0.25) is 0 Å². The molecule has 82 valence electrons. The molecule has 0 heterocycles. The Kier molecular flexibility index (Phi) is 3.11. The fourth-order valence-corrected chi connectivity index (χ4v) is 1.11. The van der Waals surface area contributed by atoms with Gasteiger partial charge in [-0.25, -0.2) is 9.18 Å². The maximum atomic E-state index is 13.3. The molecule has 0 aliphatic heterocycles. The maximum Gasteiger partial charge on any atom is 0.338 e. The molecule has 0 atom stereocenters. The molecule has 5 nitrogen and oxygen atoms in total. The van der Waals surface area contributed by atoms with Crippen LogP contribution >= 0.6 is 0 Å². The highest BCUT2D eigenvalue weighted by Gasteiger charge is 2.15. The molecular formula is C9H11FN2O3. The van der Waals surface area contributed by atoms with E-state index < -0.39 is 17.3 Å². The third-order valence-corrected chi connectivity index (χ3v) is 1.96. The minimum atomic E-state index is -1.36. The van der Waals surface area contributed by atoms with Gasteiger partial charge < -0.3 is 10.8 Å². The smallest absolute Gasteiger partial charge is 0.338 e. The van der Waals surface area contributed by atoms with Crippen molar-refractivity contribution in [3.8, 4) is 0 Å². The van der Waals surface area contributed by atoms with Crippen LogP contribution in [0.25, 0.3) is 0 Å². The number of hydrogen-bond acceptors (Lipinski definition) is 4. The summed E-state index contributed by atoms with van der Waals surface area (Å²) in [4.78, 5) is 15.4. The molecule has 3 N–H and O–H groups in total. The number of benzene rings is 1. The molecular weight excluding hydrogens is 203 g/mol. The van der Waals surface area contributed by atoms with E-state index in [2.05, 4.69) is 0 Å². The Balaban J connectivity index is 3.25. The van der Waals surface area contributed by atoms with Gasteiger partial charge in [0.2, 0.25) is 0 Å². The summed E-state index contributed by atoms with van der Waals surface area (Å²) < 4.78 is 13.3. The first-order valence-electron chi connectivity index (χ1n) is 4.07. The third-order valence-electron chi connectivity index (χ3n) is 1.96. The number of aromatic carboxylic acids is 1. The number of carboxylic acid groups (broad SMARTS) is 1. The van der Waals surface area contributed by atoms with Crippen LogP contribution in [0.3, 0.4) is 0 Å². The van der Waals surface area contributed by atoms with Gasteiger partial charge in [0.05, 0.1) is 24.0 Å². The minimum absolute atomic E-state index is 0.137. The molecule has 0 aromatic heterocycles. The van der Waals surface area contributed by atoms with E-state index in [1.807, 2.05) is 0 Å². The van der Waals surface area contributed by atoms with Crippen molar-refractivity contribution >= 4 is 17.3 Å². The van der Waals surface area contributed by atoms with Crippen LogP contribution in [0, 0.1) is 5.82 Å². The van der Waals surface area contributed by atoms with Crippen molar-refractivity contribution in [1.29, 1.82) is 0 Å². The summed E-state index contributed by atoms with van der Waals surface area (Å²) in [5.74, 6) is -2.21. The highest BCUT2D eigenvalue weighted by atomic mass is 19.1. The molecule has 0 spiro atoms. The second-order valence-corrected chi connectivity index (χ2v) is 2.88. The average Bonchev–Trinajstić information content (AvgIpc) is 2.19. The molecule has 1 rings (SSSR count). The van der Waals surface area contributed by atoms with Crippen LogP contribution in [-0.2, 0) is 4.84 Å². The van der Waals surface area contributed by atoms with E-state index in [-0.39, 0.29) is 11.4 Å². The number of carboxylic acids is 1. The molecule has 0 unspecified atom stereocenters. The van der Waals surface area contributed by atoms with Crippen molar-refractivity contribution in [1.82, 2.24) is 0 Å². The summed E-state index contributed by atoms with van der Waals surface area (Å²) in [7, 11) is 2.92. The first-order valence-corrected chi connectivity index (χ1v) is 4.07. The van der Waals surface area contributed by atoms with E-state index in [0.29, 0.717) is 0 Å². The van der Waals surface area contributed by atoms with E-state index in [1.54, 1.807) is 0 Å². The Morgan fingerprint density at radius 2 is 2.20 bits per heavy atom. The number of halogens is 1. The SMILES string of the molecule is CON(C)c1cc(F)c(C(=O)O)cc1N. The van der Waals surface area contributed by atoms with Crippen LogP contribution < -0.4 is 10.8 Å². The lowest BCUT2D eigenvalue weighted by atomic mass is 10.1. The van der Waals surface area contributed by atoms with Crippen LogP contribution in [0.4, 0.5) is 15.8 Å². The van der Waals surface area contributed by atoms with Crippen molar-refractivity contribution in [3.05, 3.63) is 23.5 Å². The topological polar surface area (TPSA) is 75.8 Å². The summed E-state index contributed by atoms with van der Waals surface area (Å²) in [6.45, 7) is 0. The van der Waals surface area contributed by atoms with Gasteiger partial charge in [0.1, 0.15) is 5.82 Å². The first-order chi connectivity index (χ1) is 6.97. The fourth-order valence-electron chi connectivity index (χ4n) is 1.11. The monoisotopic (exact) mass is 214 g/mol. The quantitative estimate of drug-likeness (QED) is 0.582. The molecule has 0 aliphatic rings. The second kappa shape index (κ2) is 4.14. The molecule has 0 aliphatic carbocycles. The number of hydroxylamine groups is 1. The third kappa shape index (κ3) is 2.16. The highest BCUT2D eigenvalue weighted by molar-refractivity contribution is 5.90. The predicted octanol–water partition coefficient (Wildman–Crippen LogP) is 1.10. The molecule has 0 radical (unpaired) electrons. The highest BCUT2D eigenvalue weighted by Crippen LogP contribution is 2.25. The average molecular weight is 214 g/mol. The molecule has 0 amide bonds. The van der Waals surface area contributed by atoms with Crippen LogP contribution in [0.5, 0.6) is 0 Å². The lowest BCUT2D eigenvalue weighted by molar-refractivity contribution is 0.0692. The molecule has 0 saturated carbocycles. The van der Waals surface area contributed by atoms with Crippen molar-refractivity contribution in [2.45, 2.75) is 0 Å². The Bertz CT molecular complexity index is 395. The number of nitrogen functional groups attached to an aromatic ring is 1. The lowest BCUT2D eigenvalue weighted by Crippen LogP contribution is -2.17. The zero-order valence-electron chi connectivity index (χ0n) is 8.32. The molecule has 0 bridgehead atoms. The minimum Gasteiger partial charge on any atom is -0.478 e. The fraction of sp³-hybridized carbons (Fsp3) is 0.222.